The summed E-state index contributed by atoms with van der Waals surface area (Å²) < 4.78 is 64.5. The van der Waals surface area contributed by atoms with Crippen molar-refractivity contribution in [3.8, 4) is 0 Å². The minimum absolute atomic E-state index is 0.0311. The van der Waals surface area contributed by atoms with Crippen LogP contribution in [-0.4, -0.2) is 58.0 Å². The summed E-state index contributed by atoms with van der Waals surface area (Å²) in [5.74, 6) is 0.128. The number of nitrogens with one attached hydrogen (secondary N) is 1. The fourth-order valence-electron chi connectivity index (χ4n) is 2.49. The van der Waals surface area contributed by atoms with Gasteiger partial charge in [0, 0.05) is 19.4 Å². The van der Waals surface area contributed by atoms with E-state index in [1.165, 1.54) is 0 Å². The van der Waals surface area contributed by atoms with Crippen molar-refractivity contribution in [2.45, 2.75) is 18.3 Å². The van der Waals surface area contributed by atoms with Crippen molar-refractivity contribution in [1.29, 1.82) is 0 Å². The van der Waals surface area contributed by atoms with Gasteiger partial charge in [-0.2, -0.15) is 13.2 Å². The molecule has 2 atom stereocenters. The second kappa shape index (κ2) is 8.59. The van der Waals surface area contributed by atoms with E-state index < -0.39 is 15.3 Å². The fourth-order valence-corrected chi connectivity index (χ4v) is 5.06. The third-order valence-corrected chi connectivity index (χ3v) is 6.14. The molecule has 2 unspecified atom stereocenters. The molecule has 0 aromatic heterocycles. The Morgan fingerprint density at radius 2 is 2.14 bits per heavy atom. The summed E-state index contributed by atoms with van der Waals surface area (Å²) in [6.45, 7) is 1.66. The highest BCUT2D eigenvalue weighted by Gasteiger charge is 2.34. The van der Waals surface area contributed by atoms with E-state index in [9.17, 15) is 21.6 Å². The van der Waals surface area contributed by atoms with Crippen molar-refractivity contribution in [1.82, 2.24) is 5.32 Å². The maximum atomic E-state index is 12.2. The van der Waals surface area contributed by atoms with Gasteiger partial charge in [-0.25, -0.2) is 8.42 Å². The van der Waals surface area contributed by atoms with E-state index >= 15 is 0 Å². The molecule has 1 rings (SSSR count). The topological polar surface area (TPSA) is 55.4 Å². The van der Waals surface area contributed by atoms with Crippen LogP contribution in [-0.2, 0) is 14.6 Å². The average Bonchev–Trinajstić information content (AvgIpc) is 2.71. The summed E-state index contributed by atoms with van der Waals surface area (Å²) in [7, 11) is -1.44. The van der Waals surface area contributed by atoms with Crippen LogP contribution in [0.25, 0.3) is 0 Å². The van der Waals surface area contributed by atoms with Crippen molar-refractivity contribution >= 4 is 21.6 Å². The van der Waals surface area contributed by atoms with Gasteiger partial charge in [0.1, 0.15) is 0 Å². The van der Waals surface area contributed by atoms with Gasteiger partial charge in [-0.3, -0.25) is 0 Å². The minimum Gasteiger partial charge on any atom is -0.383 e. The lowest BCUT2D eigenvalue weighted by Crippen LogP contribution is -2.31. The SMILES string of the molecule is COCCNCC(CCSC(F)(F)F)C1CCS(=O)(=O)C1. The van der Waals surface area contributed by atoms with Gasteiger partial charge in [0.25, 0.3) is 0 Å². The van der Waals surface area contributed by atoms with Gasteiger partial charge in [-0.15, -0.1) is 0 Å². The van der Waals surface area contributed by atoms with Crippen molar-refractivity contribution in [3.05, 3.63) is 0 Å². The second-order valence-electron chi connectivity index (χ2n) is 5.20. The van der Waals surface area contributed by atoms with Crippen LogP contribution in [0.2, 0.25) is 0 Å². The summed E-state index contributed by atoms with van der Waals surface area (Å²) in [6.07, 6.45) is 0.917. The monoisotopic (exact) mass is 349 g/mol. The van der Waals surface area contributed by atoms with E-state index in [-0.39, 0.29) is 40.9 Å². The number of sulfone groups is 1. The number of hydrogen-bond acceptors (Lipinski definition) is 5. The highest BCUT2D eigenvalue weighted by atomic mass is 32.2. The summed E-state index contributed by atoms with van der Waals surface area (Å²) in [4.78, 5) is 0. The molecule has 1 aliphatic rings. The molecule has 0 bridgehead atoms. The lowest BCUT2D eigenvalue weighted by molar-refractivity contribution is -0.0328. The fraction of sp³-hybridized carbons (Fsp3) is 1.00. The Balaban J connectivity index is 2.45. The predicted octanol–water partition coefficient (Wildman–Crippen LogP) is 1.92. The van der Waals surface area contributed by atoms with Gasteiger partial charge in [-0.05, 0) is 31.2 Å². The van der Waals surface area contributed by atoms with Gasteiger partial charge < -0.3 is 10.1 Å². The number of halogens is 3. The van der Waals surface area contributed by atoms with Crippen molar-refractivity contribution in [3.63, 3.8) is 0 Å². The van der Waals surface area contributed by atoms with Crippen LogP contribution in [0.5, 0.6) is 0 Å². The zero-order valence-corrected chi connectivity index (χ0v) is 13.6. The minimum atomic E-state index is -4.23. The van der Waals surface area contributed by atoms with Gasteiger partial charge >= 0.3 is 5.51 Å². The first-order chi connectivity index (χ1) is 9.73. The molecule has 1 heterocycles. The second-order valence-corrected chi connectivity index (χ2v) is 8.59. The Morgan fingerprint density at radius 1 is 1.43 bits per heavy atom. The maximum Gasteiger partial charge on any atom is 0.441 e. The number of methoxy groups -OCH3 is 1. The molecule has 1 N–H and O–H groups in total. The first kappa shape index (κ1) is 19.1. The molecule has 1 aliphatic heterocycles. The number of ether oxygens (including phenoxy) is 1. The molecule has 1 fully saturated rings. The van der Waals surface area contributed by atoms with E-state index in [0.29, 0.717) is 32.5 Å². The zero-order chi connectivity index (χ0) is 15.9. The number of thioether (sulfide) groups is 1. The molecule has 9 heteroatoms. The van der Waals surface area contributed by atoms with Crippen molar-refractivity contribution in [2.24, 2.45) is 11.8 Å². The zero-order valence-electron chi connectivity index (χ0n) is 12.0. The number of alkyl halides is 3. The first-order valence-corrected chi connectivity index (χ1v) is 9.65. The molecule has 1 saturated heterocycles. The third-order valence-electron chi connectivity index (χ3n) is 3.58. The standard InChI is InChI=1S/C12H22F3NO3S2/c1-19-5-4-16-8-10(2-6-20-12(13,14)15)11-3-7-21(17,18)9-11/h10-11,16H,2-9H2,1H3. The van der Waals surface area contributed by atoms with Gasteiger partial charge in [0.05, 0.1) is 18.1 Å². The molecule has 0 radical (unpaired) electrons. The average molecular weight is 349 g/mol. The van der Waals surface area contributed by atoms with Gasteiger partial charge in [0.15, 0.2) is 9.84 Å². The molecule has 0 spiro atoms. The summed E-state index contributed by atoms with van der Waals surface area (Å²) in [5.41, 5.74) is -4.23. The summed E-state index contributed by atoms with van der Waals surface area (Å²) >= 11 is -0.0376. The van der Waals surface area contributed by atoms with E-state index in [2.05, 4.69) is 5.32 Å². The smallest absolute Gasteiger partial charge is 0.383 e. The predicted molar refractivity (Wildman–Crippen MR) is 78.1 cm³/mol. The van der Waals surface area contributed by atoms with Crippen LogP contribution >= 0.6 is 11.8 Å². The maximum absolute atomic E-state index is 12.2. The van der Waals surface area contributed by atoms with Crippen LogP contribution in [0, 0.1) is 11.8 Å². The molecular weight excluding hydrogens is 327 g/mol. The Bertz CT molecular complexity index is 401. The largest absolute Gasteiger partial charge is 0.441 e. The van der Waals surface area contributed by atoms with E-state index in [4.69, 9.17) is 4.74 Å². The Morgan fingerprint density at radius 3 is 2.67 bits per heavy atom. The lowest BCUT2D eigenvalue weighted by Gasteiger charge is -2.23. The molecule has 126 valence electrons. The molecule has 0 aliphatic carbocycles. The normalized spacial score (nSPS) is 23.3. The molecular formula is C12H22F3NO3S2. The van der Waals surface area contributed by atoms with Crippen molar-refractivity contribution in [2.75, 3.05) is 44.1 Å². The van der Waals surface area contributed by atoms with Crippen LogP contribution in [0.15, 0.2) is 0 Å². The number of hydrogen-bond donors (Lipinski definition) is 1. The Kier molecular flexibility index (Phi) is 7.80. The third kappa shape index (κ3) is 8.27. The van der Waals surface area contributed by atoms with Crippen LogP contribution < -0.4 is 5.32 Å². The molecule has 0 aromatic rings. The van der Waals surface area contributed by atoms with Crippen LogP contribution in [0.3, 0.4) is 0 Å². The summed E-state index contributed by atoms with van der Waals surface area (Å²) in [6, 6.07) is 0. The quantitative estimate of drug-likeness (QED) is 0.645. The lowest BCUT2D eigenvalue weighted by atomic mass is 9.89. The van der Waals surface area contributed by atoms with Gasteiger partial charge in [-0.1, -0.05) is 11.8 Å². The molecule has 0 aromatic carbocycles. The highest BCUT2D eigenvalue weighted by molar-refractivity contribution is 8.00. The Hall–Kier alpha value is 0.01000. The van der Waals surface area contributed by atoms with E-state index in [1.54, 1.807) is 7.11 Å². The van der Waals surface area contributed by atoms with Crippen LogP contribution in [0.1, 0.15) is 12.8 Å². The van der Waals surface area contributed by atoms with Crippen molar-refractivity contribution < 1.29 is 26.3 Å². The Labute approximate surface area is 128 Å². The van der Waals surface area contributed by atoms with Gasteiger partial charge in [0.2, 0.25) is 0 Å². The van der Waals surface area contributed by atoms with E-state index in [1.807, 2.05) is 0 Å². The molecule has 0 amide bonds. The molecule has 4 nitrogen and oxygen atoms in total. The molecule has 21 heavy (non-hydrogen) atoms. The van der Waals surface area contributed by atoms with Crippen LogP contribution in [0.4, 0.5) is 13.2 Å². The highest BCUT2D eigenvalue weighted by Crippen LogP contribution is 2.34. The van der Waals surface area contributed by atoms with E-state index in [0.717, 1.165) is 0 Å². The summed E-state index contributed by atoms with van der Waals surface area (Å²) in [5, 5.41) is 3.13. The molecule has 0 saturated carbocycles. The number of rotatable bonds is 9. The first-order valence-electron chi connectivity index (χ1n) is 6.84.